The van der Waals surface area contributed by atoms with E-state index in [4.69, 9.17) is 14.2 Å². The molecular weight excluding hydrogens is 415 g/mol. The van der Waals surface area contributed by atoms with Crippen molar-refractivity contribution in [2.75, 3.05) is 0 Å². The lowest BCUT2D eigenvalue weighted by atomic mass is 9.71. The SMILES string of the molecule is C=C(C)C(=O)OC1CCC(C2CCC(OC(=O)C(C)(C)C)C(OC(=O)C(=C)C)C2)CC1F. The maximum Gasteiger partial charge on any atom is 0.333 e. The van der Waals surface area contributed by atoms with E-state index in [0.717, 1.165) is 6.42 Å². The van der Waals surface area contributed by atoms with E-state index >= 15 is 0 Å². The average Bonchev–Trinajstić information content (AvgIpc) is 2.69. The summed E-state index contributed by atoms with van der Waals surface area (Å²) in [5.74, 6) is -1.23. The molecule has 6 unspecified atom stereocenters. The predicted molar refractivity (Wildman–Crippen MR) is 118 cm³/mol. The highest BCUT2D eigenvalue weighted by Crippen LogP contribution is 2.42. The largest absolute Gasteiger partial charge is 0.458 e. The number of alkyl halides is 1. The van der Waals surface area contributed by atoms with Crippen molar-refractivity contribution in [3.05, 3.63) is 24.3 Å². The Labute approximate surface area is 190 Å². The summed E-state index contributed by atoms with van der Waals surface area (Å²) in [6.07, 6.45) is 0.102. The van der Waals surface area contributed by atoms with Crippen molar-refractivity contribution < 1.29 is 33.0 Å². The van der Waals surface area contributed by atoms with Crippen LogP contribution in [0.5, 0.6) is 0 Å². The average molecular weight is 453 g/mol. The van der Waals surface area contributed by atoms with Gasteiger partial charge in [0.05, 0.1) is 5.41 Å². The van der Waals surface area contributed by atoms with Gasteiger partial charge in [-0.1, -0.05) is 13.2 Å². The zero-order chi connectivity index (χ0) is 24.2. The van der Waals surface area contributed by atoms with Gasteiger partial charge in [-0.05, 0) is 85.0 Å². The fourth-order valence-electron chi connectivity index (χ4n) is 4.29. The molecule has 0 aromatic heterocycles. The number of hydrogen-bond acceptors (Lipinski definition) is 6. The Hall–Kier alpha value is -2.18. The van der Waals surface area contributed by atoms with Gasteiger partial charge in [-0.15, -0.1) is 0 Å². The molecule has 0 aromatic rings. The van der Waals surface area contributed by atoms with Crippen molar-refractivity contribution in [1.82, 2.24) is 0 Å². The summed E-state index contributed by atoms with van der Waals surface area (Å²) >= 11 is 0. The summed E-state index contributed by atoms with van der Waals surface area (Å²) in [6, 6.07) is 0. The second-order valence-corrected chi connectivity index (χ2v) is 10.3. The normalized spacial score (nSPS) is 30.7. The van der Waals surface area contributed by atoms with Gasteiger partial charge in [0, 0.05) is 11.1 Å². The first-order chi connectivity index (χ1) is 14.8. The van der Waals surface area contributed by atoms with Crippen LogP contribution < -0.4 is 0 Å². The highest BCUT2D eigenvalue weighted by molar-refractivity contribution is 5.87. The predicted octanol–water partition coefficient (Wildman–Crippen LogP) is 4.86. The van der Waals surface area contributed by atoms with Crippen LogP contribution in [0.25, 0.3) is 0 Å². The smallest absolute Gasteiger partial charge is 0.333 e. The van der Waals surface area contributed by atoms with E-state index in [1.165, 1.54) is 0 Å². The standard InChI is InChI=1S/C25H37FO6/c1-14(2)22(27)30-19-10-8-16(12-18(19)26)17-9-11-20(32-24(29)25(5,6)7)21(13-17)31-23(28)15(3)4/h16-21H,1,3,8-13H2,2,4-7H3. The van der Waals surface area contributed by atoms with Crippen LogP contribution in [0.3, 0.4) is 0 Å². The molecule has 0 radical (unpaired) electrons. The lowest BCUT2D eigenvalue weighted by Gasteiger charge is -2.41. The van der Waals surface area contributed by atoms with E-state index in [1.807, 2.05) is 0 Å². The van der Waals surface area contributed by atoms with Gasteiger partial charge in [0.25, 0.3) is 0 Å². The molecule has 0 aromatic carbocycles. The minimum atomic E-state index is -1.25. The summed E-state index contributed by atoms with van der Waals surface area (Å²) < 4.78 is 31.4. The van der Waals surface area contributed by atoms with Gasteiger partial charge in [0.1, 0.15) is 24.5 Å². The van der Waals surface area contributed by atoms with Gasteiger partial charge in [-0.2, -0.15) is 0 Å². The van der Waals surface area contributed by atoms with Gasteiger partial charge in [-0.3, -0.25) is 4.79 Å². The van der Waals surface area contributed by atoms with Gasteiger partial charge < -0.3 is 14.2 Å². The molecule has 2 rings (SSSR count). The second-order valence-electron chi connectivity index (χ2n) is 10.3. The van der Waals surface area contributed by atoms with Gasteiger partial charge >= 0.3 is 17.9 Å². The van der Waals surface area contributed by atoms with Crippen LogP contribution in [-0.4, -0.2) is 42.4 Å². The molecule has 0 N–H and O–H groups in total. The van der Waals surface area contributed by atoms with Crippen molar-refractivity contribution in [3.63, 3.8) is 0 Å². The van der Waals surface area contributed by atoms with Gasteiger partial charge in [-0.25, -0.2) is 14.0 Å². The Bertz CT molecular complexity index is 752. The maximum absolute atomic E-state index is 14.8. The third kappa shape index (κ3) is 6.91. The molecule has 32 heavy (non-hydrogen) atoms. The molecule has 2 saturated carbocycles. The zero-order valence-electron chi connectivity index (χ0n) is 19.9. The second kappa shape index (κ2) is 10.6. The number of esters is 3. The molecule has 180 valence electrons. The first kappa shape index (κ1) is 26.1. The number of rotatable bonds is 6. The van der Waals surface area contributed by atoms with E-state index < -0.39 is 41.8 Å². The van der Waals surface area contributed by atoms with E-state index in [0.29, 0.717) is 25.7 Å². The Morgan fingerprint density at radius 3 is 1.69 bits per heavy atom. The van der Waals surface area contributed by atoms with Crippen molar-refractivity contribution in [3.8, 4) is 0 Å². The quantitative estimate of drug-likeness (QED) is 0.325. The van der Waals surface area contributed by atoms with Crippen LogP contribution in [0.1, 0.15) is 73.1 Å². The molecule has 0 spiro atoms. The van der Waals surface area contributed by atoms with Crippen LogP contribution in [0.4, 0.5) is 4.39 Å². The molecular formula is C25H37FO6. The molecule has 6 nitrogen and oxygen atoms in total. The van der Waals surface area contributed by atoms with E-state index in [9.17, 15) is 18.8 Å². The molecule has 0 heterocycles. The minimum Gasteiger partial charge on any atom is -0.458 e. The Morgan fingerprint density at radius 1 is 0.750 bits per heavy atom. The maximum atomic E-state index is 14.8. The van der Waals surface area contributed by atoms with Crippen LogP contribution in [-0.2, 0) is 28.6 Å². The summed E-state index contributed by atoms with van der Waals surface area (Å²) in [6.45, 7) is 15.6. The highest BCUT2D eigenvalue weighted by atomic mass is 19.1. The zero-order valence-corrected chi connectivity index (χ0v) is 19.9. The number of carbonyl (C=O) groups is 3. The third-order valence-corrected chi connectivity index (χ3v) is 6.28. The van der Waals surface area contributed by atoms with E-state index in [-0.39, 0.29) is 35.4 Å². The lowest BCUT2D eigenvalue weighted by Crippen LogP contribution is -2.45. The number of ether oxygens (including phenoxy) is 3. The van der Waals surface area contributed by atoms with Crippen LogP contribution in [0.15, 0.2) is 24.3 Å². The summed E-state index contributed by atoms with van der Waals surface area (Å²) in [5, 5.41) is 0. The van der Waals surface area contributed by atoms with E-state index in [2.05, 4.69) is 13.2 Å². The topological polar surface area (TPSA) is 78.9 Å². The molecule has 6 atom stereocenters. The minimum absolute atomic E-state index is 0.0788. The number of carbonyl (C=O) groups excluding carboxylic acids is 3. The molecule has 7 heteroatoms. The number of halogens is 1. The van der Waals surface area contributed by atoms with Gasteiger partial charge in [0.2, 0.25) is 0 Å². The lowest BCUT2D eigenvalue weighted by molar-refractivity contribution is -0.178. The number of hydrogen-bond donors (Lipinski definition) is 0. The van der Waals surface area contributed by atoms with Crippen LogP contribution >= 0.6 is 0 Å². The van der Waals surface area contributed by atoms with Crippen molar-refractivity contribution in [2.45, 2.75) is 97.6 Å². The molecule has 2 fully saturated rings. The van der Waals surface area contributed by atoms with Crippen molar-refractivity contribution in [2.24, 2.45) is 17.3 Å². The first-order valence-electron chi connectivity index (χ1n) is 11.4. The molecule has 0 amide bonds. The fourth-order valence-corrected chi connectivity index (χ4v) is 4.29. The molecule has 2 aliphatic rings. The Balaban J connectivity index is 2.04. The van der Waals surface area contributed by atoms with Crippen LogP contribution in [0.2, 0.25) is 0 Å². The monoisotopic (exact) mass is 452 g/mol. The molecule has 0 saturated heterocycles. The summed E-state index contributed by atoms with van der Waals surface area (Å²) in [7, 11) is 0. The van der Waals surface area contributed by atoms with Gasteiger partial charge in [0.15, 0.2) is 0 Å². The fraction of sp³-hybridized carbons (Fsp3) is 0.720. The van der Waals surface area contributed by atoms with Crippen molar-refractivity contribution in [1.29, 1.82) is 0 Å². The Morgan fingerprint density at radius 2 is 1.22 bits per heavy atom. The highest BCUT2D eigenvalue weighted by Gasteiger charge is 2.43. The van der Waals surface area contributed by atoms with Crippen molar-refractivity contribution >= 4 is 17.9 Å². The van der Waals surface area contributed by atoms with E-state index in [1.54, 1.807) is 34.6 Å². The third-order valence-electron chi connectivity index (χ3n) is 6.28. The molecule has 0 bridgehead atoms. The first-order valence-corrected chi connectivity index (χ1v) is 11.4. The van der Waals surface area contributed by atoms with Crippen LogP contribution in [0, 0.1) is 17.3 Å². The summed E-state index contributed by atoms with van der Waals surface area (Å²) in [5.41, 5.74) is -0.137. The summed E-state index contributed by atoms with van der Waals surface area (Å²) in [4.78, 5) is 36.4. The molecule has 2 aliphatic carbocycles. The Kier molecular flexibility index (Phi) is 8.66. The molecule has 0 aliphatic heterocycles.